The number of hydrogen-bond acceptors (Lipinski definition) is 2. The molecule has 35 heavy (non-hydrogen) atoms. The predicted octanol–water partition coefficient (Wildman–Crippen LogP) is 4.67. The molecule has 0 spiro atoms. The van der Waals surface area contributed by atoms with Crippen LogP contribution in [0.15, 0.2) is 74.1 Å². The largest absolute Gasteiger partial charge is 0.381 e. The highest BCUT2D eigenvalue weighted by molar-refractivity contribution is 6.51. The molecule has 0 saturated heterocycles. The van der Waals surface area contributed by atoms with Crippen LogP contribution in [0.4, 0.5) is 0 Å². The summed E-state index contributed by atoms with van der Waals surface area (Å²) in [5.74, 6) is 0. The summed E-state index contributed by atoms with van der Waals surface area (Å²) >= 11 is 0. The number of fused-ring (bicyclic) bond motifs is 2. The molecule has 2 aromatic carbocycles. The van der Waals surface area contributed by atoms with E-state index in [1.54, 1.807) is 0 Å². The highest BCUT2D eigenvalue weighted by Gasteiger charge is 2.19. The third kappa shape index (κ3) is 3.01. The lowest BCUT2D eigenvalue weighted by Crippen LogP contribution is -2.34. The Morgan fingerprint density at radius 1 is 0.914 bits per heavy atom. The minimum absolute atomic E-state index is 0.666. The van der Waals surface area contributed by atoms with Gasteiger partial charge in [0.2, 0.25) is 0 Å². The molecule has 0 atom stereocenters. The average molecular weight is 451 g/mol. The van der Waals surface area contributed by atoms with E-state index < -0.39 is 0 Å². The topological polar surface area (TPSA) is 35.1 Å². The van der Waals surface area contributed by atoms with Gasteiger partial charge in [0, 0.05) is 44.6 Å². The van der Waals surface area contributed by atoms with Gasteiger partial charge in [0.1, 0.15) is 5.72 Å². The molecule has 5 heteroatoms. The van der Waals surface area contributed by atoms with E-state index in [4.69, 9.17) is 4.98 Å². The number of aromatic nitrogens is 4. The molecule has 6 aromatic rings. The van der Waals surface area contributed by atoms with E-state index in [-0.39, 0.29) is 0 Å². The van der Waals surface area contributed by atoms with Gasteiger partial charge in [-0.15, -0.1) is 0 Å². The summed E-state index contributed by atoms with van der Waals surface area (Å²) in [5.41, 5.74) is 5.98. The van der Waals surface area contributed by atoms with Gasteiger partial charge in [-0.3, -0.25) is 0 Å². The summed E-state index contributed by atoms with van der Waals surface area (Å²) in [6, 6.07) is 16.7. The molecular formula is C30H24BN4. The van der Waals surface area contributed by atoms with E-state index in [0.717, 1.165) is 43.9 Å². The molecule has 6 rings (SSSR count). The second kappa shape index (κ2) is 8.14. The third-order valence-electron chi connectivity index (χ3n) is 6.77. The van der Waals surface area contributed by atoms with E-state index in [9.17, 15) is 0 Å². The van der Waals surface area contributed by atoms with Crippen molar-refractivity contribution in [3.63, 3.8) is 0 Å². The van der Waals surface area contributed by atoms with Crippen molar-refractivity contribution >= 4 is 75.5 Å². The Morgan fingerprint density at radius 2 is 1.77 bits per heavy atom. The Kier molecular flexibility index (Phi) is 4.92. The molecule has 4 aromatic heterocycles. The molecule has 4 heterocycles. The first-order chi connectivity index (χ1) is 17.2. The van der Waals surface area contributed by atoms with Crippen molar-refractivity contribution < 1.29 is 0 Å². The molecule has 4 nitrogen and oxygen atoms in total. The van der Waals surface area contributed by atoms with Gasteiger partial charge in [-0.2, -0.15) is 0 Å². The zero-order chi connectivity index (χ0) is 24.1. The van der Waals surface area contributed by atoms with E-state index >= 15 is 0 Å². The zero-order valence-electron chi connectivity index (χ0n) is 19.9. The maximum atomic E-state index is 4.81. The molecule has 0 aliphatic rings. The molecule has 167 valence electrons. The summed E-state index contributed by atoms with van der Waals surface area (Å²) in [4.78, 5) is 9.45. The van der Waals surface area contributed by atoms with Crippen LogP contribution in [0.1, 0.15) is 25.1 Å². The van der Waals surface area contributed by atoms with Gasteiger partial charge >= 0.3 is 7.41 Å². The van der Waals surface area contributed by atoms with Gasteiger partial charge in [-0.25, -0.2) is 9.97 Å². The Hall–Kier alpha value is -4.38. The van der Waals surface area contributed by atoms with Crippen LogP contribution in [0.5, 0.6) is 0 Å². The number of rotatable bonds is 4. The molecule has 0 fully saturated rings. The molecule has 1 radical (unpaired) electrons. The molecule has 0 N–H and O–H groups in total. The quantitative estimate of drug-likeness (QED) is 0.365. The van der Waals surface area contributed by atoms with Crippen molar-refractivity contribution in [3.8, 4) is 0 Å². The highest BCUT2D eigenvalue weighted by atomic mass is 15.0. The van der Waals surface area contributed by atoms with Gasteiger partial charge in [0.25, 0.3) is 0 Å². The molecule has 0 unspecified atom stereocenters. The number of nitrogens with zero attached hydrogens (tertiary/aromatic N) is 4. The Morgan fingerprint density at radius 3 is 2.54 bits per heavy atom. The Bertz CT molecular complexity index is 1940. The van der Waals surface area contributed by atoms with E-state index in [1.165, 1.54) is 16.0 Å². The fraction of sp³-hybridized carbons (Fsp3) is 0.0667. The summed E-state index contributed by atoms with van der Waals surface area (Å²) in [7, 11) is 2.03. The Balaban J connectivity index is 1.79. The highest BCUT2D eigenvalue weighted by Crippen LogP contribution is 2.28. The van der Waals surface area contributed by atoms with E-state index in [1.807, 2.05) is 50.0 Å². The molecular weight excluding hydrogens is 427 g/mol. The van der Waals surface area contributed by atoms with Crippen LogP contribution in [-0.4, -0.2) is 26.3 Å². The third-order valence-corrected chi connectivity index (χ3v) is 6.77. The van der Waals surface area contributed by atoms with Gasteiger partial charge in [0.15, 0.2) is 0 Å². The van der Waals surface area contributed by atoms with Crippen LogP contribution in [0, 0.1) is 0 Å². The van der Waals surface area contributed by atoms with Crippen LogP contribution in [0.2, 0.25) is 0 Å². The lowest BCUT2D eigenvalue weighted by molar-refractivity contribution is 1.17. The fourth-order valence-electron chi connectivity index (χ4n) is 5.29. The SMILES string of the molecule is C=Cc1ccn2c(C=C)c3/c(=C\C)n([B]c4ncc5ccccc5n4)c4cccc(/c(=C/C)c12)c34. The molecule has 0 aliphatic carbocycles. The molecule has 0 saturated carbocycles. The Labute approximate surface area is 204 Å². The normalized spacial score (nSPS) is 12.9. The van der Waals surface area contributed by atoms with Crippen LogP contribution in [0.3, 0.4) is 0 Å². The van der Waals surface area contributed by atoms with Crippen LogP contribution in [0.25, 0.3) is 62.4 Å². The van der Waals surface area contributed by atoms with Crippen molar-refractivity contribution in [2.45, 2.75) is 13.8 Å². The lowest BCUT2D eigenvalue weighted by Gasteiger charge is -2.06. The van der Waals surface area contributed by atoms with Gasteiger partial charge in [-0.1, -0.05) is 61.7 Å². The van der Waals surface area contributed by atoms with Crippen molar-refractivity contribution in [1.82, 2.24) is 18.8 Å². The van der Waals surface area contributed by atoms with Gasteiger partial charge in [-0.05, 0) is 49.1 Å². The maximum Gasteiger partial charge on any atom is 0.340 e. The maximum absolute atomic E-state index is 4.81. The van der Waals surface area contributed by atoms with Gasteiger partial charge < -0.3 is 8.88 Å². The summed E-state index contributed by atoms with van der Waals surface area (Å²) in [5, 5.41) is 6.81. The number of benzene rings is 2. The summed E-state index contributed by atoms with van der Waals surface area (Å²) in [6.45, 7) is 12.4. The van der Waals surface area contributed by atoms with Crippen molar-refractivity contribution in [1.29, 1.82) is 0 Å². The number of para-hydroxylation sites is 1. The first kappa shape index (κ1) is 21.2. The zero-order valence-corrected chi connectivity index (χ0v) is 19.9. The molecule has 0 aliphatic heterocycles. The van der Waals surface area contributed by atoms with Crippen LogP contribution < -0.4 is 16.3 Å². The van der Waals surface area contributed by atoms with Crippen molar-refractivity contribution in [3.05, 3.63) is 95.9 Å². The predicted molar refractivity (Wildman–Crippen MR) is 150 cm³/mol. The first-order valence-corrected chi connectivity index (χ1v) is 11.7. The van der Waals surface area contributed by atoms with Crippen LogP contribution >= 0.6 is 0 Å². The minimum atomic E-state index is 0.666. The van der Waals surface area contributed by atoms with Crippen molar-refractivity contribution in [2.75, 3.05) is 0 Å². The number of hydrogen-bond donors (Lipinski definition) is 0. The van der Waals surface area contributed by atoms with E-state index in [0.29, 0.717) is 5.72 Å². The monoisotopic (exact) mass is 451 g/mol. The second-order valence-corrected chi connectivity index (χ2v) is 8.52. The van der Waals surface area contributed by atoms with Crippen molar-refractivity contribution in [2.24, 2.45) is 0 Å². The minimum Gasteiger partial charge on any atom is -0.381 e. The smallest absolute Gasteiger partial charge is 0.340 e. The van der Waals surface area contributed by atoms with Gasteiger partial charge in [0.05, 0.1) is 16.7 Å². The second-order valence-electron chi connectivity index (χ2n) is 8.52. The summed E-state index contributed by atoms with van der Waals surface area (Å²) < 4.78 is 4.44. The summed E-state index contributed by atoms with van der Waals surface area (Å²) in [6.07, 6.45) is 12.2. The fourth-order valence-corrected chi connectivity index (χ4v) is 5.29. The standard InChI is InChI=1S/C30H24BN4/c1-5-19-16-17-34-24(7-3)28-25(8-4)35(31-30-32-18-20-12-9-10-14-23(20)33-30)26-15-11-13-22(27(26)28)21(6-2)29(19)34/h5-18H,1,3H2,2,4H3/b21-6-,25-8+. The molecule has 0 amide bonds. The van der Waals surface area contributed by atoms with Crippen LogP contribution in [-0.2, 0) is 0 Å². The van der Waals surface area contributed by atoms with E-state index in [2.05, 4.69) is 83.5 Å². The molecule has 0 bridgehead atoms. The average Bonchev–Trinajstić information content (AvgIpc) is 3.41. The lowest BCUT2D eigenvalue weighted by atomic mass is 9.91. The first-order valence-electron chi connectivity index (χ1n) is 11.7.